The predicted octanol–water partition coefficient (Wildman–Crippen LogP) is 2.14. The normalized spacial score (nSPS) is 11.0. The highest BCUT2D eigenvalue weighted by molar-refractivity contribution is 5.12. The Morgan fingerprint density at radius 2 is 1.55 bits per heavy atom. The third-order valence-electron chi connectivity index (χ3n) is 3.03. The van der Waals surface area contributed by atoms with Gasteiger partial charge in [-0.2, -0.15) is 0 Å². The van der Waals surface area contributed by atoms with E-state index in [-0.39, 0.29) is 0 Å². The molecule has 1 N–H and O–H groups in total. The zero-order chi connectivity index (χ0) is 14.4. The number of aromatic nitrogens is 2. The second-order valence-electron chi connectivity index (χ2n) is 5.09. The van der Waals surface area contributed by atoms with Crippen molar-refractivity contribution in [3.05, 3.63) is 59.2 Å². The topological polar surface area (TPSA) is 41.0 Å². The van der Waals surface area contributed by atoms with Crippen LogP contribution in [0.3, 0.4) is 0 Å². The number of nitrogens with zero attached hydrogens (tertiary/aromatic N) is 3. The molecule has 4 nitrogen and oxygen atoms in total. The SMILES string of the molecule is CNCc1cccc(CN(C)Cc2cccc(C)n2)n1. The molecule has 0 aromatic carbocycles. The van der Waals surface area contributed by atoms with Gasteiger partial charge in [0.1, 0.15) is 0 Å². The summed E-state index contributed by atoms with van der Waals surface area (Å²) < 4.78 is 0. The van der Waals surface area contributed by atoms with Crippen molar-refractivity contribution in [3.8, 4) is 0 Å². The van der Waals surface area contributed by atoms with Gasteiger partial charge in [-0.05, 0) is 45.3 Å². The highest BCUT2D eigenvalue weighted by Crippen LogP contribution is 2.06. The molecule has 0 unspecified atom stereocenters. The van der Waals surface area contributed by atoms with Gasteiger partial charge in [0.15, 0.2) is 0 Å². The molecule has 2 heterocycles. The van der Waals surface area contributed by atoms with Gasteiger partial charge in [-0.1, -0.05) is 12.1 Å². The van der Waals surface area contributed by atoms with Gasteiger partial charge in [0, 0.05) is 25.3 Å². The summed E-state index contributed by atoms with van der Waals surface area (Å²) in [7, 11) is 4.03. The summed E-state index contributed by atoms with van der Waals surface area (Å²) in [6.45, 7) is 4.48. The third kappa shape index (κ3) is 4.40. The van der Waals surface area contributed by atoms with Crippen molar-refractivity contribution in [3.63, 3.8) is 0 Å². The van der Waals surface area contributed by atoms with E-state index in [2.05, 4.69) is 51.5 Å². The summed E-state index contributed by atoms with van der Waals surface area (Å²) in [5.41, 5.74) is 4.32. The molecule has 20 heavy (non-hydrogen) atoms. The summed E-state index contributed by atoms with van der Waals surface area (Å²) in [6.07, 6.45) is 0. The maximum Gasteiger partial charge on any atom is 0.0547 e. The van der Waals surface area contributed by atoms with Crippen LogP contribution in [0, 0.1) is 6.92 Å². The summed E-state index contributed by atoms with van der Waals surface area (Å²) in [5, 5.41) is 3.12. The minimum absolute atomic E-state index is 0.803. The van der Waals surface area contributed by atoms with E-state index >= 15 is 0 Å². The minimum Gasteiger partial charge on any atom is -0.314 e. The van der Waals surface area contributed by atoms with Crippen molar-refractivity contribution in [1.82, 2.24) is 20.2 Å². The lowest BCUT2D eigenvalue weighted by molar-refractivity contribution is 0.310. The van der Waals surface area contributed by atoms with E-state index in [9.17, 15) is 0 Å². The molecule has 2 aromatic heterocycles. The van der Waals surface area contributed by atoms with Gasteiger partial charge < -0.3 is 5.32 Å². The lowest BCUT2D eigenvalue weighted by Gasteiger charge is -2.16. The Kier molecular flexibility index (Phi) is 5.21. The molecule has 0 aliphatic rings. The average molecular weight is 270 g/mol. The van der Waals surface area contributed by atoms with E-state index in [0.717, 1.165) is 42.4 Å². The second-order valence-corrected chi connectivity index (χ2v) is 5.09. The summed E-state index contributed by atoms with van der Waals surface area (Å²) in [4.78, 5) is 11.4. The van der Waals surface area contributed by atoms with Gasteiger partial charge in [0.05, 0.1) is 17.1 Å². The molecule has 0 aliphatic carbocycles. The molecule has 0 aliphatic heterocycles. The van der Waals surface area contributed by atoms with Gasteiger partial charge in [-0.3, -0.25) is 14.9 Å². The maximum atomic E-state index is 4.64. The lowest BCUT2D eigenvalue weighted by Crippen LogP contribution is -2.19. The van der Waals surface area contributed by atoms with E-state index in [1.807, 2.05) is 26.1 Å². The molecule has 4 heteroatoms. The molecule has 0 spiro atoms. The van der Waals surface area contributed by atoms with Crippen LogP contribution in [0.2, 0.25) is 0 Å². The zero-order valence-corrected chi connectivity index (χ0v) is 12.4. The monoisotopic (exact) mass is 270 g/mol. The van der Waals surface area contributed by atoms with Crippen LogP contribution in [0.4, 0.5) is 0 Å². The lowest BCUT2D eigenvalue weighted by atomic mass is 10.2. The Labute approximate surface area is 120 Å². The number of hydrogen-bond acceptors (Lipinski definition) is 4. The first-order valence-electron chi connectivity index (χ1n) is 6.88. The summed E-state index contributed by atoms with van der Waals surface area (Å²) in [6, 6.07) is 12.3. The van der Waals surface area contributed by atoms with Crippen LogP contribution in [0.5, 0.6) is 0 Å². The van der Waals surface area contributed by atoms with Crippen LogP contribution in [-0.2, 0) is 19.6 Å². The molecule has 2 rings (SSSR count). The molecule has 0 saturated carbocycles. The zero-order valence-electron chi connectivity index (χ0n) is 12.4. The summed E-state index contributed by atoms with van der Waals surface area (Å²) >= 11 is 0. The van der Waals surface area contributed by atoms with Gasteiger partial charge in [-0.25, -0.2) is 0 Å². The fourth-order valence-corrected chi connectivity index (χ4v) is 2.19. The number of aryl methyl sites for hydroxylation is 1. The van der Waals surface area contributed by atoms with E-state index in [1.165, 1.54) is 0 Å². The molecular weight excluding hydrogens is 248 g/mol. The summed E-state index contributed by atoms with van der Waals surface area (Å²) in [5.74, 6) is 0. The van der Waals surface area contributed by atoms with Crippen molar-refractivity contribution >= 4 is 0 Å². The molecule has 2 aromatic rings. The molecule has 0 atom stereocenters. The number of hydrogen-bond donors (Lipinski definition) is 1. The number of rotatable bonds is 6. The van der Waals surface area contributed by atoms with Crippen molar-refractivity contribution in [2.75, 3.05) is 14.1 Å². The Hall–Kier alpha value is -1.78. The molecule has 106 valence electrons. The highest BCUT2D eigenvalue weighted by atomic mass is 15.1. The first-order chi connectivity index (χ1) is 9.67. The van der Waals surface area contributed by atoms with Crippen LogP contribution in [-0.4, -0.2) is 29.0 Å². The van der Waals surface area contributed by atoms with Crippen molar-refractivity contribution < 1.29 is 0 Å². The molecule has 0 amide bonds. The fourth-order valence-electron chi connectivity index (χ4n) is 2.19. The van der Waals surface area contributed by atoms with Crippen molar-refractivity contribution in [1.29, 1.82) is 0 Å². The molecular formula is C16H22N4. The Balaban J connectivity index is 1.97. The minimum atomic E-state index is 0.803. The fraction of sp³-hybridized carbons (Fsp3) is 0.375. The smallest absolute Gasteiger partial charge is 0.0547 e. The van der Waals surface area contributed by atoms with Crippen LogP contribution < -0.4 is 5.32 Å². The van der Waals surface area contributed by atoms with E-state index in [0.29, 0.717) is 0 Å². The van der Waals surface area contributed by atoms with Crippen molar-refractivity contribution in [2.24, 2.45) is 0 Å². The quantitative estimate of drug-likeness (QED) is 0.873. The number of nitrogens with one attached hydrogen (secondary N) is 1. The highest BCUT2D eigenvalue weighted by Gasteiger charge is 2.05. The van der Waals surface area contributed by atoms with Crippen LogP contribution in [0.15, 0.2) is 36.4 Å². The average Bonchev–Trinajstić information content (AvgIpc) is 2.39. The Morgan fingerprint density at radius 1 is 0.950 bits per heavy atom. The third-order valence-corrected chi connectivity index (χ3v) is 3.03. The Morgan fingerprint density at radius 3 is 2.20 bits per heavy atom. The predicted molar refractivity (Wildman–Crippen MR) is 81.1 cm³/mol. The van der Waals surface area contributed by atoms with E-state index < -0.39 is 0 Å². The van der Waals surface area contributed by atoms with Crippen LogP contribution in [0.25, 0.3) is 0 Å². The number of pyridine rings is 2. The standard InChI is InChI=1S/C16H22N4/c1-13-6-4-8-15(18-13)11-20(3)12-16-9-5-7-14(19-16)10-17-2/h4-9,17H,10-12H2,1-3H3. The van der Waals surface area contributed by atoms with Gasteiger partial charge in [0.25, 0.3) is 0 Å². The first kappa shape index (κ1) is 14.6. The van der Waals surface area contributed by atoms with Gasteiger partial charge >= 0.3 is 0 Å². The molecule has 0 radical (unpaired) electrons. The van der Waals surface area contributed by atoms with Crippen molar-refractivity contribution in [2.45, 2.75) is 26.6 Å². The first-order valence-corrected chi connectivity index (χ1v) is 6.88. The molecule has 0 fully saturated rings. The van der Waals surface area contributed by atoms with Crippen LogP contribution >= 0.6 is 0 Å². The van der Waals surface area contributed by atoms with Gasteiger partial charge in [-0.15, -0.1) is 0 Å². The van der Waals surface area contributed by atoms with E-state index in [4.69, 9.17) is 0 Å². The maximum absolute atomic E-state index is 4.64. The van der Waals surface area contributed by atoms with E-state index in [1.54, 1.807) is 0 Å². The largest absolute Gasteiger partial charge is 0.314 e. The van der Waals surface area contributed by atoms with Gasteiger partial charge in [0.2, 0.25) is 0 Å². The molecule has 0 saturated heterocycles. The second kappa shape index (κ2) is 7.12. The Bertz CT molecular complexity index is 554. The molecule has 0 bridgehead atoms. The van der Waals surface area contributed by atoms with Crippen LogP contribution in [0.1, 0.15) is 22.8 Å².